The van der Waals surface area contributed by atoms with Crippen molar-refractivity contribution in [1.82, 2.24) is 4.37 Å². The van der Waals surface area contributed by atoms with E-state index >= 15 is 0 Å². The number of aryl methyl sites for hydroxylation is 2. The number of rotatable bonds is 0. The molecule has 0 amide bonds. The first kappa shape index (κ1) is 4.78. The molecule has 0 bridgehead atoms. The van der Waals surface area contributed by atoms with Crippen LogP contribution in [0.4, 0.5) is 0 Å². The quantitative estimate of drug-likeness (QED) is 0.499. The van der Waals surface area contributed by atoms with Crippen LogP contribution in [0, 0.1) is 13.8 Å². The lowest BCUT2D eigenvalue weighted by Crippen LogP contribution is -1.68. The molecule has 1 aromatic rings. The van der Waals surface area contributed by atoms with Crippen molar-refractivity contribution in [2.75, 3.05) is 0 Å². The molecule has 1 rings (SSSR count). The summed E-state index contributed by atoms with van der Waals surface area (Å²) in [5, 5.41) is 2.05. The molecule has 0 unspecified atom stereocenters. The summed E-state index contributed by atoms with van der Waals surface area (Å²) in [4.78, 5) is 0. The molecular weight excluding hydrogens is 106 g/mol. The summed E-state index contributed by atoms with van der Waals surface area (Å²) in [7, 11) is 0. The predicted molar refractivity (Wildman–Crippen MR) is 31.6 cm³/mol. The van der Waals surface area contributed by atoms with Crippen molar-refractivity contribution >= 4 is 11.5 Å². The molecule has 0 spiro atoms. The zero-order chi connectivity index (χ0) is 5.28. The highest BCUT2D eigenvalue weighted by Crippen LogP contribution is 2.05. The van der Waals surface area contributed by atoms with Gasteiger partial charge in [0.05, 0.1) is 5.69 Å². The molecule has 0 aliphatic rings. The van der Waals surface area contributed by atoms with Gasteiger partial charge in [-0.15, -0.1) is 0 Å². The van der Waals surface area contributed by atoms with Crippen LogP contribution in [0.15, 0.2) is 5.38 Å². The lowest BCUT2D eigenvalue weighted by Gasteiger charge is -1.77. The Balaban J connectivity index is 3.12. The molecule has 0 aliphatic carbocycles. The van der Waals surface area contributed by atoms with E-state index in [-0.39, 0.29) is 0 Å². The standard InChI is InChI=1S/C5H7NS/c1-4-3-7-6-5(4)2/h3H,1-2H3. The summed E-state index contributed by atoms with van der Waals surface area (Å²) in [6.45, 7) is 4.09. The normalized spacial score (nSPS) is 9.43. The fourth-order valence-electron chi connectivity index (χ4n) is 0.342. The van der Waals surface area contributed by atoms with Gasteiger partial charge in [0.2, 0.25) is 0 Å². The van der Waals surface area contributed by atoms with Crippen molar-refractivity contribution in [2.45, 2.75) is 13.8 Å². The maximum absolute atomic E-state index is 4.06. The molecule has 0 aromatic carbocycles. The third-order valence-corrected chi connectivity index (χ3v) is 1.83. The van der Waals surface area contributed by atoms with Gasteiger partial charge < -0.3 is 0 Å². The average molecular weight is 113 g/mol. The van der Waals surface area contributed by atoms with Gasteiger partial charge in [0.1, 0.15) is 0 Å². The highest BCUT2D eigenvalue weighted by Gasteiger charge is 1.88. The van der Waals surface area contributed by atoms with Gasteiger partial charge in [0.25, 0.3) is 0 Å². The van der Waals surface area contributed by atoms with Gasteiger partial charge in [-0.3, -0.25) is 0 Å². The van der Waals surface area contributed by atoms with E-state index in [0.29, 0.717) is 0 Å². The molecule has 0 saturated carbocycles. The molecule has 0 saturated heterocycles. The molecule has 0 aliphatic heterocycles. The Kier molecular flexibility index (Phi) is 1.11. The number of nitrogens with zero attached hydrogens (tertiary/aromatic N) is 1. The second-order valence-electron chi connectivity index (χ2n) is 1.58. The number of hydrogen-bond donors (Lipinski definition) is 0. The van der Waals surface area contributed by atoms with Gasteiger partial charge in [0.15, 0.2) is 0 Å². The van der Waals surface area contributed by atoms with Crippen molar-refractivity contribution in [3.63, 3.8) is 0 Å². The molecule has 0 radical (unpaired) electrons. The summed E-state index contributed by atoms with van der Waals surface area (Å²) in [6.07, 6.45) is 0. The van der Waals surface area contributed by atoms with Crippen LogP contribution < -0.4 is 0 Å². The second kappa shape index (κ2) is 1.62. The minimum absolute atomic E-state index is 1.16. The molecule has 1 aromatic heterocycles. The SMILES string of the molecule is Cc1csnc1C. The van der Waals surface area contributed by atoms with Crippen LogP contribution in [0.3, 0.4) is 0 Å². The lowest BCUT2D eigenvalue weighted by molar-refractivity contribution is 1.28. The fourth-order valence-corrected chi connectivity index (χ4v) is 1.03. The van der Waals surface area contributed by atoms with Crippen molar-refractivity contribution in [1.29, 1.82) is 0 Å². The van der Waals surface area contributed by atoms with Gasteiger partial charge in [0, 0.05) is 5.38 Å². The van der Waals surface area contributed by atoms with E-state index in [0.717, 1.165) is 5.69 Å². The molecule has 1 nitrogen and oxygen atoms in total. The minimum atomic E-state index is 1.16. The van der Waals surface area contributed by atoms with Crippen molar-refractivity contribution in [2.24, 2.45) is 0 Å². The molecule has 0 atom stereocenters. The Morgan fingerprint density at radius 1 is 1.57 bits per heavy atom. The molecule has 2 heteroatoms. The summed E-state index contributed by atoms with van der Waals surface area (Å²) in [5.74, 6) is 0. The van der Waals surface area contributed by atoms with E-state index in [1.807, 2.05) is 6.92 Å². The molecule has 1 heterocycles. The third kappa shape index (κ3) is 0.800. The largest absolute Gasteiger partial charge is 0.198 e. The zero-order valence-electron chi connectivity index (χ0n) is 4.43. The Morgan fingerprint density at radius 3 is 2.43 bits per heavy atom. The van der Waals surface area contributed by atoms with Gasteiger partial charge in [-0.25, -0.2) is 0 Å². The van der Waals surface area contributed by atoms with Gasteiger partial charge >= 0.3 is 0 Å². The van der Waals surface area contributed by atoms with Crippen LogP contribution in [-0.4, -0.2) is 4.37 Å². The first-order valence-electron chi connectivity index (χ1n) is 2.18. The highest BCUT2D eigenvalue weighted by molar-refractivity contribution is 7.03. The number of aromatic nitrogens is 1. The van der Waals surface area contributed by atoms with Gasteiger partial charge in [-0.2, -0.15) is 4.37 Å². The van der Waals surface area contributed by atoms with Crippen molar-refractivity contribution in [3.8, 4) is 0 Å². The third-order valence-electron chi connectivity index (χ3n) is 0.990. The second-order valence-corrected chi connectivity index (χ2v) is 2.21. The first-order valence-corrected chi connectivity index (χ1v) is 3.02. The Bertz CT molecular complexity index is 140. The highest BCUT2D eigenvalue weighted by atomic mass is 32.1. The lowest BCUT2D eigenvalue weighted by atomic mass is 10.3. The van der Waals surface area contributed by atoms with E-state index < -0.39 is 0 Å². The summed E-state index contributed by atoms with van der Waals surface area (Å²) < 4.78 is 4.06. The topological polar surface area (TPSA) is 12.9 Å². The van der Waals surface area contributed by atoms with E-state index in [2.05, 4.69) is 16.7 Å². The molecule has 7 heavy (non-hydrogen) atoms. The van der Waals surface area contributed by atoms with E-state index in [9.17, 15) is 0 Å². The molecular formula is C5H7NS. The average Bonchev–Trinajstić information content (AvgIpc) is 1.91. The van der Waals surface area contributed by atoms with E-state index in [4.69, 9.17) is 0 Å². The maximum atomic E-state index is 4.06. The molecule has 0 fully saturated rings. The van der Waals surface area contributed by atoms with Crippen LogP contribution >= 0.6 is 11.5 Å². The molecule has 0 N–H and O–H groups in total. The summed E-state index contributed by atoms with van der Waals surface area (Å²) in [6, 6.07) is 0. The fraction of sp³-hybridized carbons (Fsp3) is 0.400. The van der Waals surface area contributed by atoms with Gasteiger partial charge in [-0.05, 0) is 30.9 Å². The Labute approximate surface area is 47.2 Å². The van der Waals surface area contributed by atoms with E-state index in [1.165, 1.54) is 17.1 Å². The maximum Gasteiger partial charge on any atom is 0.0540 e. The van der Waals surface area contributed by atoms with E-state index in [1.54, 1.807) is 0 Å². The number of hydrogen-bond acceptors (Lipinski definition) is 2. The Hall–Kier alpha value is -0.370. The first-order chi connectivity index (χ1) is 3.30. The summed E-state index contributed by atoms with van der Waals surface area (Å²) in [5.41, 5.74) is 2.45. The van der Waals surface area contributed by atoms with Crippen LogP contribution in [-0.2, 0) is 0 Å². The van der Waals surface area contributed by atoms with Gasteiger partial charge in [-0.1, -0.05) is 0 Å². The Morgan fingerprint density at radius 2 is 2.29 bits per heavy atom. The van der Waals surface area contributed by atoms with Crippen LogP contribution in [0.5, 0.6) is 0 Å². The van der Waals surface area contributed by atoms with Crippen LogP contribution in [0.1, 0.15) is 11.3 Å². The van der Waals surface area contributed by atoms with Crippen molar-refractivity contribution < 1.29 is 0 Å². The minimum Gasteiger partial charge on any atom is -0.198 e. The smallest absolute Gasteiger partial charge is 0.0540 e. The summed E-state index contributed by atoms with van der Waals surface area (Å²) >= 11 is 1.52. The van der Waals surface area contributed by atoms with Crippen LogP contribution in [0.25, 0.3) is 0 Å². The van der Waals surface area contributed by atoms with Crippen LogP contribution in [0.2, 0.25) is 0 Å². The zero-order valence-corrected chi connectivity index (χ0v) is 5.25. The molecule has 38 valence electrons. The van der Waals surface area contributed by atoms with Crippen molar-refractivity contribution in [3.05, 3.63) is 16.6 Å². The monoisotopic (exact) mass is 113 g/mol. The predicted octanol–water partition coefficient (Wildman–Crippen LogP) is 1.76.